The molecule has 0 aromatic heterocycles. The van der Waals surface area contributed by atoms with Crippen LogP contribution in [-0.4, -0.2) is 52.6 Å². The second-order valence-corrected chi connectivity index (χ2v) is 12.3. The van der Waals surface area contributed by atoms with Crippen molar-refractivity contribution in [2.45, 2.75) is 44.5 Å². The first-order valence-corrected chi connectivity index (χ1v) is 16.0. The highest BCUT2D eigenvalue weighted by Gasteiger charge is 2.52. The first-order chi connectivity index (χ1) is 23.2. The molecule has 4 aromatic rings. The van der Waals surface area contributed by atoms with Crippen molar-refractivity contribution in [3.8, 4) is 5.75 Å². The van der Waals surface area contributed by atoms with E-state index in [4.69, 9.17) is 4.74 Å². The van der Waals surface area contributed by atoms with Gasteiger partial charge in [0, 0.05) is 35.7 Å². The molecule has 0 unspecified atom stereocenters. The van der Waals surface area contributed by atoms with E-state index in [1.54, 1.807) is 83.5 Å². The number of carbonyl (C=O) groups excluding carboxylic acids is 3. The minimum Gasteiger partial charge on any atom is -0.497 e. The van der Waals surface area contributed by atoms with Gasteiger partial charge >= 0.3 is 0 Å². The third-order valence-electron chi connectivity index (χ3n) is 9.33. The van der Waals surface area contributed by atoms with Gasteiger partial charge in [-0.3, -0.25) is 14.4 Å². The van der Waals surface area contributed by atoms with Crippen LogP contribution in [0.2, 0.25) is 0 Å². The van der Waals surface area contributed by atoms with Crippen LogP contribution in [0.4, 0.5) is 11.4 Å². The topological polar surface area (TPSA) is 119 Å². The standard InChI is InChI=1S/C39H39N3O6/c1-26(9-8-14-36(44)41-24-30-13-7-6-12-29(30)21-32(41)25-43)39(47)34-22-33(48-2)19-20-35(34)42(38(39)46)23-27-15-17-31(18-16-27)40-37(45)28-10-4-3-5-11-28/h3-13,15-20,22,26,32,43,47H,14,21,23-25H2,1-2H3,(H,40,45)/b9-8+/t26-,32+,39+/m1/s1. The summed E-state index contributed by atoms with van der Waals surface area (Å²) in [6.07, 6.45) is 4.05. The zero-order valence-corrected chi connectivity index (χ0v) is 27.0. The van der Waals surface area contributed by atoms with E-state index in [0.717, 1.165) is 16.7 Å². The summed E-state index contributed by atoms with van der Waals surface area (Å²) in [5.74, 6) is -1.01. The molecule has 4 aromatic carbocycles. The summed E-state index contributed by atoms with van der Waals surface area (Å²) >= 11 is 0. The number of aliphatic hydroxyl groups is 2. The van der Waals surface area contributed by atoms with E-state index in [2.05, 4.69) is 5.32 Å². The van der Waals surface area contributed by atoms with Crippen molar-refractivity contribution in [2.24, 2.45) is 5.92 Å². The molecule has 2 heterocycles. The van der Waals surface area contributed by atoms with E-state index in [1.807, 2.05) is 42.5 Å². The van der Waals surface area contributed by atoms with Crippen LogP contribution in [-0.2, 0) is 34.7 Å². The molecule has 246 valence electrons. The molecule has 6 rings (SSSR count). The molecule has 0 spiro atoms. The minimum absolute atomic E-state index is 0.0646. The zero-order chi connectivity index (χ0) is 33.8. The van der Waals surface area contributed by atoms with Gasteiger partial charge in [0.25, 0.3) is 11.8 Å². The Morgan fingerprint density at radius 3 is 2.42 bits per heavy atom. The van der Waals surface area contributed by atoms with E-state index in [1.165, 1.54) is 7.11 Å². The lowest BCUT2D eigenvalue weighted by Crippen LogP contribution is -2.46. The average Bonchev–Trinajstić information content (AvgIpc) is 3.33. The number of fused-ring (bicyclic) bond motifs is 2. The van der Waals surface area contributed by atoms with Gasteiger partial charge in [-0.15, -0.1) is 0 Å². The molecule has 3 N–H and O–H groups in total. The molecule has 2 aliphatic heterocycles. The lowest BCUT2D eigenvalue weighted by Gasteiger charge is -2.36. The Morgan fingerprint density at radius 1 is 1.00 bits per heavy atom. The third kappa shape index (κ3) is 6.34. The average molecular weight is 646 g/mol. The van der Waals surface area contributed by atoms with Gasteiger partial charge < -0.3 is 30.1 Å². The molecular weight excluding hydrogens is 606 g/mol. The third-order valence-corrected chi connectivity index (χ3v) is 9.33. The Labute approximate surface area is 280 Å². The number of carbonyl (C=O) groups is 3. The second-order valence-electron chi connectivity index (χ2n) is 12.3. The number of anilines is 2. The number of aliphatic hydroxyl groups excluding tert-OH is 1. The first kappa shape index (κ1) is 32.7. The highest BCUT2D eigenvalue weighted by Crippen LogP contribution is 2.47. The van der Waals surface area contributed by atoms with Crippen molar-refractivity contribution < 1.29 is 29.3 Å². The number of hydrogen-bond donors (Lipinski definition) is 3. The number of ether oxygens (including phenoxy) is 1. The molecular formula is C39H39N3O6. The van der Waals surface area contributed by atoms with Gasteiger partial charge in [0.1, 0.15) is 5.75 Å². The number of nitrogens with one attached hydrogen (secondary N) is 1. The monoisotopic (exact) mass is 645 g/mol. The van der Waals surface area contributed by atoms with Crippen LogP contribution in [0.1, 0.15) is 46.0 Å². The zero-order valence-electron chi connectivity index (χ0n) is 27.0. The predicted octanol–water partition coefficient (Wildman–Crippen LogP) is 5.21. The number of methoxy groups -OCH3 is 1. The molecule has 0 saturated carbocycles. The Morgan fingerprint density at radius 2 is 1.71 bits per heavy atom. The van der Waals surface area contributed by atoms with Crippen LogP contribution in [0.15, 0.2) is 109 Å². The van der Waals surface area contributed by atoms with Crippen LogP contribution in [0.25, 0.3) is 0 Å². The SMILES string of the molecule is COc1ccc2c(c1)[C@@](O)([C@H](C)/C=C/CC(=O)N1Cc3ccccc3C[C@H]1CO)C(=O)N2Cc1ccc(NC(=O)c2ccccc2)cc1. The molecule has 0 bridgehead atoms. The van der Waals surface area contributed by atoms with Gasteiger partial charge in [-0.1, -0.05) is 73.7 Å². The Hall–Kier alpha value is -5.25. The van der Waals surface area contributed by atoms with Gasteiger partial charge in [-0.05, 0) is 65.6 Å². The van der Waals surface area contributed by atoms with Gasteiger partial charge in [0.2, 0.25) is 5.91 Å². The van der Waals surface area contributed by atoms with Crippen molar-refractivity contribution in [3.63, 3.8) is 0 Å². The van der Waals surface area contributed by atoms with Crippen molar-refractivity contribution in [2.75, 3.05) is 23.9 Å². The van der Waals surface area contributed by atoms with Crippen molar-refractivity contribution >= 4 is 29.1 Å². The van der Waals surface area contributed by atoms with E-state index < -0.39 is 17.4 Å². The largest absolute Gasteiger partial charge is 0.497 e. The molecule has 9 nitrogen and oxygen atoms in total. The summed E-state index contributed by atoms with van der Waals surface area (Å²) in [5, 5.41) is 25.0. The molecule has 0 radical (unpaired) electrons. The van der Waals surface area contributed by atoms with Crippen molar-refractivity contribution in [3.05, 3.63) is 137 Å². The van der Waals surface area contributed by atoms with Gasteiger partial charge in [0.05, 0.1) is 32.0 Å². The van der Waals surface area contributed by atoms with Gasteiger partial charge in [-0.2, -0.15) is 0 Å². The molecule has 3 atom stereocenters. The van der Waals surface area contributed by atoms with Crippen molar-refractivity contribution in [1.29, 1.82) is 0 Å². The van der Waals surface area contributed by atoms with Gasteiger partial charge in [0.15, 0.2) is 5.60 Å². The summed E-state index contributed by atoms with van der Waals surface area (Å²) in [7, 11) is 1.53. The number of benzene rings is 4. The molecule has 0 fully saturated rings. The fourth-order valence-corrected chi connectivity index (χ4v) is 6.55. The number of hydrogen-bond acceptors (Lipinski definition) is 6. The first-order valence-electron chi connectivity index (χ1n) is 16.0. The molecule has 0 saturated heterocycles. The Balaban J connectivity index is 1.17. The summed E-state index contributed by atoms with van der Waals surface area (Å²) in [4.78, 5) is 43.2. The van der Waals surface area contributed by atoms with Crippen LogP contribution in [0, 0.1) is 5.92 Å². The van der Waals surface area contributed by atoms with Crippen LogP contribution in [0.5, 0.6) is 5.75 Å². The fraction of sp³-hybridized carbons (Fsp3) is 0.256. The highest BCUT2D eigenvalue weighted by atomic mass is 16.5. The van der Waals surface area contributed by atoms with Crippen LogP contribution in [0.3, 0.4) is 0 Å². The lowest BCUT2D eigenvalue weighted by molar-refractivity contribution is -0.139. The molecule has 9 heteroatoms. The second kappa shape index (κ2) is 13.9. The Bertz CT molecular complexity index is 1840. The molecule has 3 amide bonds. The van der Waals surface area contributed by atoms with Crippen LogP contribution < -0.4 is 15.0 Å². The maximum atomic E-state index is 14.1. The van der Waals surface area contributed by atoms with Crippen LogP contribution >= 0.6 is 0 Å². The maximum Gasteiger partial charge on any atom is 0.264 e. The van der Waals surface area contributed by atoms with E-state index in [-0.39, 0.29) is 37.4 Å². The van der Waals surface area contributed by atoms with Crippen molar-refractivity contribution in [1.82, 2.24) is 4.90 Å². The predicted molar refractivity (Wildman–Crippen MR) is 183 cm³/mol. The normalized spacial score (nSPS) is 19.2. The lowest BCUT2D eigenvalue weighted by atomic mass is 9.82. The van der Waals surface area contributed by atoms with E-state index in [9.17, 15) is 24.6 Å². The summed E-state index contributed by atoms with van der Waals surface area (Å²) < 4.78 is 5.44. The smallest absolute Gasteiger partial charge is 0.264 e. The van der Waals surface area contributed by atoms with Gasteiger partial charge in [-0.25, -0.2) is 0 Å². The number of rotatable bonds is 10. The quantitative estimate of drug-likeness (QED) is 0.204. The van der Waals surface area contributed by atoms with E-state index in [0.29, 0.717) is 41.2 Å². The highest BCUT2D eigenvalue weighted by molar-refractivity contribution is 6.07. The summed E-state index contributed by atoms with van der Waals surface area (Å²) in [5.41, 5.74) is 3.28. The molecule has 48 heavy (non-hydrogen) atoms. The maximum absolute atomic E-state index is 14.1. The minimum atomic E-state index is -1.90. The molecule has 0 aliphatic carbocycles. The summed E-state index contributed by atoms with van der Waals surface area (Å²) in [6.45, 7) is 2.24. The number of nitrogens with zero attached hydrogens (tertiary/aromatic N) is 2. The number of amides is 3. The molecule has 2 aliphatic rings. The summed E-state index contributed by atoms with van der Waals surface area (Å²) in [6, 6.07) is 29.0. The fourth-order valence-electron chi connectivity index (χ4n) is 6.55. The van der Waals surface area contributed by atoms with E-state index >= 15 is 0 Å². The Kier molecular flexibility index (Phi) is 9.43.